The van der Waals surface area contributed by atoms with Crippen molar-refractivity contribution in [3.8, 4) is 45.3 Å². The molecule has 9 aromatic rings. The molecule has 1 unspecified atom stereocenters. The summed E-state index contributed by atoms with van der Waals surface area (Å²) in [6, 6.07) is 56.1. The SMILES string of the molecule is CC1C=Cc2c(n(-c3cc(-c4cc(-c5ccccc5)nc(-c5ccccc5)n4)cc(-n4c5ccccc5c5ccccc54)c3)c3ccccc23)C1. The van der Waals surface area contributed by atoms with Gasteiger partial charge in [-0.05, 0) is 54.8 Å². The smallest absolute Gasteiger partial charge is 0.160 e. The molecule has 0 bridgehead atoms. The number of nitrogens with zero attached hydrogens (tertiary/aromatic N) is 4. The summed E-state index contributed by atoms with van der Waals surface area (Å²) in [5.41, 5.74) is 13.3. The Balaban J connectivity index is 1.30. The van der Waals surface area contributed by atoms with Gasteiger partial charge in [0, 0.05) is 55.5 Å². The van der Waals surface area contributed by atoms with E-state index in [1.807, 2.05) is 24.3 Å². The number of allylic oxidation sites excluding steroid dienone is 1. The van der Waals surface area contributed by atoms with E-state index >= 15 is 0 Å². The minimum atomic E-state index is 0.448. The highest BCUT2D eigenvalue weighted by molar-refractivity contribution is 6.09. The number of fused-ring (bicyclic) bond motifs is 6. The zero-order valence-electron chi connectivity index (χ0n) is 28.2. The lowest BCUT2D eigenvalue weighted by molar-refractivity contribution is 0.690. The van der Waals surface area contributed by atoms with Crippen LogP contribution < -0.4 is 0 Å². The average Bonchev–Trinajstić information content (AvgIpc) is 3.71. The van der Waals surface area contributed by atoms with Crippen molar-refractivity contribution in [3.63, 3.8) is 0 Å². The first-order valence-electron chi connectivity index (χ1n) is 17.6. The van der Waals surface area contributed by atoms with E-state index in [9.17, 15) is 0 Å². The van der Waals surface area contributed by atoms with E-state index in [4.69, 9.17) is 9.97 Å². The number of hydrogen-bond donors (Lipinski definition) is 0. The van der Waals surface area contributed by atoms with Crippen LogP contribution in [0, 0.1) is 5.92 Å². The van der Waals surface area contributed by atoms with Crippen molar-refractivity contribution in [1.29, 1.82) is 0 Å². The summed E-state index contributed by atoms with van der Waals surface area (Å²) in [5, 5.41) is 3.75. The second kappa shape index (κ2) is 11.8. The number of hydrogen-bond acceptors (Lipinski definition) is 2. The molecule has 3 heterocycles. The van der Waals surface area contributed by atoms with E-state index in [-0.39, 0.29) is 0 Å². The van der Waals surface area contributed by atoms with Crippen molar-refractivity contribution < 1.29 is 0 Å². The number of rotatable bonds is 5. The van der Waals surface area contributed by atoms with Gasteiger partial charge in [-0.25, -0.2) is 9.97 Å². The van der Waals surface area contributed by atoms with E-state index in [0.717, 1.165) is 45.9 Å². The zero-order valence-corrected chi connectivity index (χ0v) is 28.2. The number of para-hydroxylation sites is 3. The van der Waals surface area contributed by atoms with Crippen LogP contribution in [0.3, 0.4) is 0 Å². The molecular weight excluding hydrogens is 621 g/mol. The predicted molar refractivity (Wildman–Crippen MR) is 211 cm³/mol. The van der Waals surface area contributed by atoms with Gasteiger partial charge >= 0.3 is 0 Å². The maximum atomic E-state index is 5.29. The van der Waals surface area contributed by atoms with E-state index in [2.05, 4.69) is 162 Å². The maximum absolute atomic E-state index is 5.29. The standard InChI is InChI=1S/C47H34N4/c1-31-24-25-40-39-20-10-13-23-45(39)51(46(40)26-31)36-28-34(27-35(29-36)50-43-21-11-8-18-37(43)38-19-9-12-22-44(38)50)42-30-41(32-14-4-2-5-15-32)48-47(49-42)33-16-6-3-7-17-33/h2-25,27-31H,26H2,1H3. The van der Waals surface area contributed by atoms with Crippen molar-refractivity contribution in [2.24, 2.45) is 5.92 Å². The average molecular weight is 655 g/mol. The molecule has 10 rings (SSSR count). The molecule has 0 aliphatic heterocycles. The van der Waals surface area contributed by atoms with Crippen LogP contribution in [0.15, 0.2) is 164 Å². The summed E-state index contributed by atoms with van der Waals surface area (Å²) >= 11 is 0. The Morgan fingerprint density at radius 3 is 1.65 bits per heavy atom. The molecule has 0 radical (unpaired) electrons. The van der Waals surface area contributed by atoms with Crippen LogP contribution in [0.25, 0.3) is 84.1 Å². The Hall–Kier alpha value is -6.52. The molecule has 0 saturated carbocycles. The molecule has 1 atom stereocenters. The largest absolute Gasteiger partial charge is 0.313 e. The van der Waals surface area contributed by atoms with E-state index in [1.54, 1.807) is 0 Å². The second-order valence-electron chi connectivity index (χ2n) is 13.6. The Morgan fingerprint density at radius 2 is 1.00 bits per heavy atom. The van der Waals surface area contributed by atoms with Crippen LogP contribution in [-0.4, -0.2) is 19.1 Å². The third kappa shape index (κ3) is 4.91. The zero-order chi connectivity index (χ0) is 33.9. The van der Waals surface area contributed by atoms with Crippen LogP contribution in [0.1, 0.15) is 18.2 Å². The fourth-order valence-electron chi connectivity index (χ4n) is 7.90. The first kappa shape index (κ1) is 29.4. The van der Waals surface area contributed by atoms with Gasteiger partial charge in [-0.3, -0.25) is 0 Å². The topological polar surface area (TPSA) is 35.6 Å². The van der Waals surface area contributed by atoms with Crippen LogP contribution in [0.2, 0.25) is 0 Å². The minimum absolute atomic E-state index is 0.448. The van der Waals surface area contributed by atoms with Gasteiger partial charge in [0.1, 0.15) is 0 Å². The van der Waals surface area contributed by atoms with Gasteiger partial charge in [0.15, 0.2) is 5.82 Å². The monoisotopic (exact) mass is 654 g/mol. The van der Waals surface area contributed by atoms with Crippen molar-refractivity contribution in [1.82, 2.24) is 19.1 Å². The van der Waals surface area contributed by atoms with Gasteiger partial charge in [-0.2, -0.15) is 0 Å². The third-order valence-electron chi connectivity index (χ3n) is 10.2. The first-order valence-corrected chi connectivity index (χ1v) is 17.6. The van der Waals surface area contributed by atoms with E-state index in [0.29, 0.717) is 11.7 Å². The molecule has 242 valence electrons. The lowest BCUT2D eigenvalue weighted by atomic mass is 9.94. The lowest BCUT2D eigenvalue weighted by Crippen LogP contribution is -2.09. The summed E-state index contributed by atoms with van der Waals surface area (Å²) in [5.74, 6) is 1.16. The Morgan fingerprint density at radius 1 is 0.490 bits per heavy atom. The normalized spacial score (nSPS) is 14.0. The van der Waals surface area contributed by atoms with Crippen LogP contribution >= 0.6 is 0 Å². The van der Waals surface area contributed by atoms with Crippen molar-refractivity contribution in [2.75, 3.05) is 0 Å². The van der Waals surface area contributed by atoms with Crippen molar-refractivity contribution in [3.05, 3.63) is 175 Å². The molecule has 1 aliphatic rings. The minimum Gasteiger partial charge on any atom is -0.313 e. The van der Waals surface area contributed by atoms with Crippen LogP contribution in [-0.2, 0) is 6.42 Å². The van der Waals surface area contributed by atoms with Gasteiger partial charge < -0.3 is 9.13 Å². The second-order valence-corrected chi connectivity index (χ2v) is 13.6. The third-order valence-corrected chi connectivity index (χ3v) is 10.2. The van der Waals surface area contributed by atoms with Crippen LogP contribution in [0.4, 0.5) is 0 Å². The molecule has 6 aromatic carbocycles. The fraction of sp³-hybridized carbons (Fsp3) is 0.0638. The van der Waals surface area contributed by atoms with E-state index in [1.165, 1.54) is 44.0 Å². The molecule has 0 spiro atoms. The van der Waals surface area contributed by atoms with Gasteiger partial charge in [0.2, 0.25) is 0 Å². The first-order chi connectivity index (χ1) is 25.2. The van der Waals surface area contributed by atoms with Gasteiger partial charge in [0.05, 0.1) is 27.9 Å². The summed E-state index contributed by atoms with van der Waals surface area (Å²) in [6.07, 6.45) is 5.64. The quantitative estimate of drug-likeness (QED) is 0.185. The predicted octanol–water partition coefficient (Wildman–Crippen LogP) is 11.7. The summed E-state index contributed by atoms with van der Waals surface area (Å²) < 4.78 is 4.90. The molecule has 1 aliphatic carbocycles. The fourth-order valence-corrected chi connectivity index (χ4v) is 7.90. The van der Waals surface area contributed by atoms with Crippen molar-refractivity contribution in [2.45, 2.75) is 13.3 Å². The summed E-state index contributed by atoms with van der Waals surface area (Å²) in [7, 11) is 0. The molecular formula is C47H34N4. The highest BCUT2D eigenvalue weighted by atomic mass is 15.0. The Kier molecular flexibility index (Phi) is 6.81. The number of benzene rings is 6. The molecule has 3 aromatic heterocycles. The molecule has 51 heavy (non-hydrogen) atoms. The lowest BCUT2D eigenvalue weighted by Gasteiger charge is -2.20. The maximum Gasteiger partial charge on any atom is 0.160 e. The summed E-state index contributed by atoms with van der Waals surface area (Å²) in [4.78, 5) is 10.4. The molecule has 4 heteroatoms. The van der Waals surface area contributed by atoms with Gasteiger partial charge in [-0.15, -0.1) is 0 Å². The Labute approximate surface area is 296 Å². The number of aromatic nitrogens is 4. The van der Waals surface area contributed by atoms with Crippen molar-refractivity contribution >= 4 is 38.8 Å². The molecule has 0 amide bonds. The highest BCUT2D eigenvalue weighted by Gasteiger charge is 2.23. The van der Waals surface area contributed by atoms with Gasteiger partial charge in [-0.1, -0.05) is 134 Å². The van der Waals surface area contributed by atoms with Gasteiger partial charge in [0.25, 0.3) is 0 Å². The molecule has 0 saturated heterocycles. The summed E-state index contributed by atoms with van der Waals surface area (Å²) in [6.45, 7) is 2.30. The van der Waals surface area contributed by atoms with E-state index < -0.39 is 0 Å². The Bertz CT molecular complexity index is 2680. The molecule has 0 fully saturated rings. The highest BCUT2D eigenvalue weighted by Crippen LogP contribution is 2.39. The molecule has 4 nitrogen and oxygen atoms in total. The molecule has 0 N–H and O–H groups in total. The van der Waals surface area contributed by atoms with Crippen LogP contribution in [0.5, 0.6) is 0 Å².